The number of aromatic amines is 2. The van der Waals surface area contributed by atoms with Crippen LogP contribution in [0.4, 0.5) is 5.82 Å². The first-order valence-electron chi connectivity index (χ1n) is 10.5. The Bertz CT molecular complexity index is 1330. The van der Waals surface area contributed by atoms with Crippen LogP contribution in [-0.2, 0) is 0 Å². The summed E-state index contributed by atoms with van der Waals surface area (Å²) in [5.41, 5.74) is 6.07. The van der Waals surface area contributed by atoms with E-state index in [9.17, 15) is 0 Å². The molecule has 0 amide bonds. The largest absolute Gasteiger partial charge is 0.356 e. The Labute approximate surface area is 174 Å². The van der Waals surface area contributed by atoms with Crippen molar-refractivity contribution in [3.05, 3.63) is 60.9 Å². The number of anilines is 1. The molecule has 0 bridgehead atoms. The number of rotatable bonds is 3. The minimum Gasteiger partial charge on any atom is -0.356 e. The fourth-order valence-electron chi connectivity index (χ4n) is 4.44. The van der Waals surface area contributed by atoms with Crippen molar-refractivity contribution < 1.29 is 0 Å². The lowest BCUT2D eigenvalue weighted by molar-refractivity contribution is 0.575. The van der Waals surface area contributed by atoms with Gasteiger partial charge in [-0.1, -0.05) is 12.1 Å². The third-order valence-corrected chi connectivity index (χ3v) is 5.96. The van der Waals surface area contributed by atoms with E-state index in [-0.39, 0.29) is 0 Å². The van der Waals surface area contributed by atoms with Crippen LogP contribution in [0.25, 0.3) is 44.5 Å². The van der Waals surface area contributed by atoms with E-state index in [1.54, 1.807) is 0 Å². The fourth-order valence-corrected chi connectivity index (χ4v) is 4.44. The van der Waals surface area contributed by atoms with Crippen LogP contribution < -0.4 is 4.90 Å². The topological polar surface area (TPSA) is 73.5 Å². The number of piperidine rings is 1. The van der Waals surface area contributed by atoms with E-state index in [0.29, 0.717) is 0 Å². The Balaban J connectivity index is 1.47. The average Bonchev–Trinajstić information content (AvgIpc) is 3.43. The molecule has 5 aromatic rings. The van der Waals surface area contributed by atoms with Crippen molar-refractivity contribution in [2.24, 2.45) is 0 Å². The molecule has 30 heavy (non-hydrogen) atoms. The Kier molecular flexibility index (Phi) is 4.01. The van der Waals surface area contributed by atoms with E-state index >= 15 is 0 Å². The van der Waals surface area contributed by atoms with Crippen LogP contribution in [0.1, 0.15) is 19.3 Å². The van der Waals surface area contributed by atoms with Gasteiger partial charge in [-0.25, -0.2) is 4.98 Å². The van der Waals surface area contributed by atoms with E-state index in [0.717, 1.165) is 63.4 Å². The van der Waals surface area contributed by atoms with Crippen molar-refractivity contribution in [3.63, 3.8) is 0 Å². The number of nitrogens with one attached hydrogen (secondary N) is 2. The smallest absolute Gasteiger partial charge is 0.137 e. The number of aromatic nitrogens is 5. The molecule has 6 heteroatoms. The van der Waals surface area contributed by atoms with Gasteiger partial charge in [-0.3, -0.25) is 10.1 Å². The van der Waals surface area contributed by atoms with E-state index in [4.69, 9.17) is 4.98 Å². The number of pyridine rings is 2. The molecule has 2 N–H and O–H groups in total. The van der Waals surface area contributed by atoms with Crippen molar-refractivity contribution in [2.75, 3.05) is 18.0 Å². The highest BCUT2D eigenvalue weighted by Gasteiger charge is 2.18. The SMILES string of the molecule is c1ccc(-c2ccc3[nH]nc(-c4cc5c(N6CCCCC6)nccc5[nH]4)c3c2)nc1. The zero-order chi connectivity index (χ0) is 19.9. The molecule has 148 valence electrons. The van der Waals surface area contributed by atoms with Gasteiger partial charge in [-0.15, -0.1) is 0 Å². The van der Waals surface area contributed by atoms with Crippen molar-refractivity contribution >= 4 is 27.6 Å². The normalized spacial score (nSPS) is 14.6. The van der Waals surface area contributed by atoms with Crippen molar-refractivity contribution in [2.45, 2.75) is 19.3 Å². The van der Waals surface area contributed by atoms with Crippen LogP contribution in [0.15, 0.2) is 60.9 Å². The second-order valence-corrected chi connectivity index (χ2v) is 7.87. The highest BCUT2D eigenvalue weighted by Crippen LogP contribution is 2.34. The first-order chi connectivity index (χ1) is 14.9. The first kappa shape index (κ1) is 17.2. The molecular formula is C24H22N6. The third kappa shape index (κ3) is 2.84. The van der Waals surface area contributed by atoms with Gasteiger partial charge in [0.15, 0.2) is 0 Å². The van der Waals surface area contributed by atoms with Gasteiger partial charge in [0.25, 0.3) is 0 Å². The van der Waals surface area contributed by atoms with Gasteiger partial charge in [-0.05, 0) is 55.7 Å². The second kappa shape index (κ2) is 6.99. The maximum atomic E-state index is 4.71. The highest BCUT2D eigenvalue weighted by molar-refractivity contribution is 6.00. The minimum atomic E-state index is 0.920. The molecule has 6 nitrogen and oxygen atoms in total. The Morgan fingerprint density at radius 1 is 0.800 bits per heavy atom. The molecule has 0 saturated carbocycles. The maximum Gasteiger partial charge on any atom is 0.137 e. The zero-order valence-electron chi connectivity index (χ0n) is 16.6. The lowest BCUT2D eigenvalue weighted by atomic mass is 10.1. The van der Waals surface area contributed by atoms with E-state index in [2.05, 4.69) is 49.3 Å². The van der Waals surface area contributed by atoms with Crippen molar-refractivity contribution in [1.29, 1.82) is 0 Å². The van der Waals surface area contributed by atoms with Gasteiger partial charge in [-0.2, -0.15) is 5.10 Å². The molecule has 0 radical (unpaired) electrons. The number of benzene rings is 1. The molecule has 0 unspecified atom stereocenters. The van der Waals surface area contributed by atoms with Crippen molar-refractivity contribution in [3.8, 4) is 22.6 Å². The lowest BCUT2D eigenvalue weighted by Crippen LogP contribution is -2.30. The third-order valence-electron chi connectivity index (χ3n) is 5.96. The van der Waals surface area contributed by atoms with Crippen LogP contribution >= 0.6 is 0 Å². The van der Waals surface area contributed by atoms with Crippen LogP contribution in [0.3, 0.4) is 0 Å². The first-order valence-corrected chi connectivity index (χ1v) is 10.5. The molecule has 6 rings (SSSR count). The zero-order valence-corrected chi connectivity index (χ0v) is 16.6. The van der Waals surface area contributed by atoms with E-state index in [1.165, 1.54) is 19.3 Å². The second-order valence-electron chi connectivity index (χ2n) is 7.87. The van der Waals surface area contributed by atoms with Crippen LogP contribution in [0.2, 0.25) is 0 Å². The van der Waals surface area contributed by atoms with Gasteiger partial charge >= 0.3 is 0 Å². The number of fused-ring (bicyclic) bond motifs is 2. The fraction of sp³-hybridized carbons (Fsp3) is 0.208. The van der Waals surface area contributed by atoms with Gasteiger partial charge in [0.2, 0.25) is 0 Å². The van der Waals surface area contributed by atoms with Crippen LogP contribution in [-0.4, -0.2) is 38.2 Å². The van der Waals surface area contributed by atoms with E-state index < -0.39 is 0 Å². The average molecular weight is 394 g/mol. The predicted octanol–water partition coefficient (Wildman–Crippen LogP) is 5.16. The number of H-pyrrole nitrogens is 2. The molecule has 0 atom stereocenters. The molecule has 1 aliphatic rings. The molecule has 1 aliphatic heterocycles. The van der Waals surface area contributed by atoms with Crippen LogP contribution in [0, 0.1) is 0 Å². The summed E-state index contributed by atoms with van der Waals surface area (Å²) in [6.45, 7) is 2.15. The molecule has 4 aromatic heterocycles. The van der Waals surface area contributed by atoms with Gasteiger partial charge in [0.1, 0.15) is 11.5 Å². The Morgan fingerprint density at radius 3 is 2.60 bits per heavy atom. The van der Waals surface area contributed by atoms with Crippen molar-refractivity contribution in [1.82, 2.24) is 25.1 Å². The standard InChI is InChI=1S/C24H22N6/c1-4-12-30(13-5-1)24-18-15-22(27-20(18)9-11-26-24)23-17-14-16(7-8-21(17)28-29-23)19-6-2-3-10-25-19/h2-3,6-11,14-15,27H,1,4-5,12-13H2,(H,28,29). The number of hydrogen-bond acceptors (Lipinski definition) is 4. The van der Waals surface area contributed by atoms with Crippen LogP contribution in [0.5, 0.6) is 0 Å². The number of hydrogen-bond donors (Lipinski definition) is 2. The van der Waals surface area contributed by atoms with E-state index in [1.807, 2.05) is 36.7 Å². The summed E-state index contributed by atoms with van der Waals surface area (Å²) >= 11 is 0. The Morgan fingerprint density at radius 2 is 1.73 bits per heavy atom. The molecule has 1 saturated heterocycles. The van der Waals surface area contributed by atoms with Gasteiger partial charge in [0, 0.05) is 41.8 Å². The summed E-state index contributed by atoms with van der Waals surface area (Å²) in [6, 6.07) is 16.5. The monoisotopic (exact) mass is 394 g/mol. The quantitative estimate of drug-likeness (QED) is 0.443. The Hall–Kier alpha value is -3.67. The summed E-state index contributed by atoms with van der Waals surface area (Å²) in [6.07, 6.45) is 7.49. The molecule has 1 fully saturated rings. The van der Waals surface area contributed by atoms with Gasteiger partial charge < -0.3 is 9.88 Å². The molecule has 5 heterocycles. The minimum absolute atomic E-state index is 0.920. The highest BCUT2D eigenvalue weighted by atomic mass is 15.2. The summed E-state index contributed by atoms with van der Waals surface area (Å²) in [5.74, 6) is 1.07. The summed E-state index contributed by atoms with van der Waals surface area (Å²) in [7, 11) is 0. The summed E-state index contributed by atoms with van der Waals surface area (Å²) in [5, 5.41) is 10.0. The summed E-state index contributed by atoms with van der Waals surface area (Å²) in [4.78, 5) is 15.2. The lowest BCUT2D eigenvalue weighted by Gasteiger charge is -2.28. The van der Waals surface area contributed by atoms with Gasteiger partial charge in [0.05, 0.1) is 22.4 Å². The molecule has 0 aliphatic carbocycles. The molecule has 1 aromatic carbocycles. The molecule has 0 spiro atoms. The number of nitrogens with zero attached hydrogens (tertiary/aromatic N) is 4. The predicted molar refractivity (Wildman–Crippen MR) is 120 cm³/mol. The molecular weight excluding hydrogens is 372 g/mol. The maximum absolute atomic E-state index is 4.71. The summed E-state index contributed by atoms with van der Waals surface area (Å²) < 4.78 is 0.